The van der Waals surface area contributed by atoms with E-state index in [4.69, 9.17) is 9.15 Å². The van der Waals surface area contributed by atoms with Gasteiger partial charge in [-0.1, -0.05) is 29.5 Å². The first-order valence-electron chi connectivity index (χ1n) is 11.8. The van der Waals surface area contributed by atoms with E-state index in [1.165, 1.54) is 40.1 Å². The summed E-state index contributed by atoms with van der Waals surface area (Å²) < 4.78 is 26.4. The summed E-state index contributed by atoms with van der Waals surface area (Å²) in [4.78, 5) is 28.8. The van der Waals surface area contributed by atoms with Crippen molar-refractivity contribution in [3.63, 3.8) is 0 Å². The molecule has 0 radical (unpaired) electrons. The van der Waals surface area contributed by atoms with Crippen LogP contribution in [-0.2, 0) is 27.4 Å². The summed E-state index contributed by atoms with van der Waals surface area (Å²) in [6, 6.07) is 15.4. The second-order valence-electron chi connectivity index (χ2n) is 8.67. The maximum atomic E-state index is 13.8. The number of carbonyl (C=O) groups excluding carboxylic acids is 2. The first-order chi connectivity index (χ1) is 17.6. The molecule has 10 heteroatoms. The van der Waals surface area contributed by atoms with Crippen molar-refractivity contribution in [1.29, 1.82) is 0 Å². The minimum Gasteiger partial charge on any atom is -0.467 e. The first kappa shape index (κ1) is 23.7. The molecular formula is C26H26FN5O4. The van der Waals surface area contributed by atoms with Gasteiger partial charge in [0, 0.05) is 13.2 Å². The Kier molecular flexibility index (Phi) is 7.03. The third-order valence-electron chi connectivity index (χ3n) is 6.21. The molecule has 0 spiro atoms. The average Bonchev–Trinajstić information content (AvgIpc) is 3.67. The third-order valence-corrected chi connectivity index (χ3v) is 6.21. The van der Waals surface area contributed by atoms with Crippen LogP contribution in [0.25, 0.3) is 11.0 Å². The predicted octanol–water partition coefficient (Wildman–Crippen LogP) is 3.23. The van der Waals surface area contributed by atoms with Gasteiger partial charge in [0.1, 0.15) is 29.7 Å². The van der Waals surface area contributed by atoms with Crippen molar-refractivity contribution in [1.82, 2.24) is 25.2 Å². The maximum Gasteiger partial charge on any atom is 0.247 e. The molecule has 0 bridgehead atoms. The molecule has 3 heterocycles. The molecule has 4 aromatic rings. The second kappa shape index (κ2) is 10.7. The number of hydrogen-bond acceptors (Lipinski definition) is 6. The van der Waals surface area contributed by atoms with Gasteiger partial charge in [0.25, 0.3) is 0 Å². The van der Waals surface area contributed by atoms with Crippen molar-refractivity contribution >= 4 is 22.8 Å². The molecule has 0 unspecified atom stereocenters. The number of hydrogen-bond donors (Lipinski definition) is 1. The van der Waals surface area contributed by atoms with Gasteiger partial charge >= 0.3 is 0 Å². The number of ether oxygens (including phenoxy) is 1. The number of carbonyl (C=O) groups is 2. The van der Waals surface area contributed by atoms with E-state index in [1.54, 1.807) is 12.1 Å². The minimum atomic E-state index is -1.01. The number of nitrogens with one attached hydrogen (secondary N) is 1. The molecule has 1 saturated heterocycles. The molecule has 0 saturated carbocycles. The molecular weight excluding hydrogens is 465 g/mol. The largest absolute Gasteiger partial charge is 0.467 e. The zero-order valence-electron chi connectivity index (χ0n) is 19.5. The van der Waals surface area contributed by atoms with E-state index in [9.17, 15) is 14.0 Å². The van der Waals surface area contributed by atoms with Crippen molar-refractivity contribution in [3.05, 3.63) is 84.1 Å². The number of furan rings is 1. The van der Waals surface area contributed by atoms with Crippen LogP contribution in [0.5, 0.6) is 0 Å². The zero-order chi connectivity index (χ0) is 24.9. The second-order valence-corrected chi connectivity index (χ2v) is 8.67. The summed E-state index contributed by atoms with van der Waals surface area (Å²) in [6.07, 6.45) is 2.98. The molecule has 1 fully saturated rings. The normalized spacial score (nSPS) is 16.2. The Bertz CT molecular complexity index is 1320. The summed E-state index contributed by atoms with van der Waals surface area (Å²) in [5, 5.41) is 11.1. The third kappa shape index (κ3) is 5.28. The van der Waals surface area contributed by atoms with Gasteiger partial charge in [-0.05, 0) is 54.8 Å². The Morgan fingerprint density at radius 2 is 1.97 bits per heavy atom. The number of para-hydroxylation sites is 1. The molecule has 2 amide bonds. The molecule has 0 aliphatic carbocycles. The number of aromatic nitrogens is 3. The van der Waals surface area contributed by atoms with Gasteiger partial charge in [0.2, 0.25) is 11.8 Å². The predicted molar refractivity (Wildman–Crippen MR) is 128 cm³/mol. The zero-order valence-corrected chi connectivity index (χ0v) is 19.5. The molecule has 36 heavy (non-hydrogen) atoms. The van der Waals surface area contributed by atoms with E-state index in [1.807, 2.05) is 24.3 Å². The minimum absolute atomic E-state index is 0.115. The average molecular weight is 492 g/mol. The van der Waals surface area contributed by atoms with Gasteiger partial charge in [-0.3, -0.25) is 9.59 Å². The molecule has 2 aromatic carbocycles. The van der Waals surface area contributed by atoms with E-state index in [-0.39, 0.29) is 31.6 Å². The smallest absolute Gasteiger partial charge is 0.247 e. The molecule has 2 atom stereocenters. The number of amides is 2. The Morgan fingerprint density at radius 3 is 2.72 bits per heavy atom. The van der Waals surface area contributed by atoms with Crippen LogP contribution in [0.2, 0.25) is 0 Å². The Hall–Kier alpha value is -4.05. The van der Waals surface area contributed by atoms with Crippen LogP contribution in [-0.4, -0.2) is 51.0 Å². The molecule has 2 aromatic heterocycles. The summed E-state index contributed by atoms with van der Waals surface area (Å²) >= 11 is 0. The summed E-state index contributed by atoms with van der Waals surface area (Å²) in [6.45, 7) is 0.851. The number of rotatable bonds is 9. The number of halogens is 1. The lowest BCUT2D eigenvalue weighted by atomic mass is 10.0. The van der Waals surface area contributed by atoms with E-state index >= 15 is 0 Å². The molecule has 1 aliphatic rings. The van der Waals surface area contributed by atoms with Gasteiger partial charge in [-0.25, -0.2) is 9.07 Å². The van der Waals surface area contributed by atoms with Crippen molar-refractivity contribution in [2.24, 2.45) is 0 Å². The van der Waals surface area contributed by atoms with E-state index in [2.05, 4.69) is 15.6 Å². The van der Waals surface area contributed by atoms with Crippen LogP contribution in [0.3, 0.4) is 0 Å². The van der Waals surface area contributed by atoms with Crippen LogP contribution >= 0.6 is 0 Å². The van der Waals surface area contributed by atoms with Crippen LogP contribution in [0, 0.1) is 5.82 Å². The highest BCUT2D eigenvalue weighted by atomic mass is 19.1. The lowest BCUT2D eigenvalue weighted by Gasteiger charge is -2.33. The van der Waals surface area contributed by atoms with Crippen molar-refractivity contribution < 1.29 is 23.1 Å². The highest BCUT2D eigenvalue weighted by Crippen LogP contribution is 2.26. The lowest BCUT2D eigenvalue weighted by Crippen LogP contribution is -2.47. The van der Waals surface area contributed by atoms with Crippen molar-refractivity contribution in [3.8, 4) is 0 Å². The SMILES string of the molecule is O=C(NCc1ccco1)[C@@H](c1ccc(F)cc1)N(C[C@H]1CCCO1)C(=O)Cn1nnc2ccccc21. The monoisotopic (exact) mass is 491 g/mol. The maximum absolute atomic E-state index is 13.8. The lowest BCUT2D eigenvalue weighted by molar-refractivity contribution is -0.143. The molecule has 5 rings (SSSR count). The number of fused-ring (bicyclic) bond motifs is 1. The molecule has 9 nitrogen and oxygen atoms in total. The van der Waals surface area contributed by atoms with Gasteiger partial charge in [-0.2, -0.15) is 0 Å². The Labute approximate surface area is 206 Å². The highest BCUT2D eigenvalue weighted by Gasteiger charge is 2.34. The van der Waals surface area contributed by atoms with E-state index < -0.39 is 17.8 Å². The Morgan fingerprint density at radius 1 is 1.14 bits per heavy atom. The van der Waals surface area contributed by atoms with Crippen LogP contribution in [0.1, 0.15) is 30.2 Å². The molecule has 1 N–H and O–H groups in total. The fourth-order valence-corrected chi connectivity index (χ4v) is 4.41. The summed E-state index contributed by atoms with van der Waals surface area (Å²) in [5.41, 5.74) is 1.87. The number of benzene rings is 2. The number of nitrogens with zero attached hydrogens (tertiary/aromatic N) is 4. The first-order valence-corrected chi connectivity index (χ1v) is 11.8. The Balaban J connectivity index is 1.46. The molecule has 186 valence electrons. The standard InChI is InChI=1S/C26H26FN5O4/c27-19-11-9-18(10-12-19)25(26(34)28-15-20-5-3-13-35-20)31(16-21-6-4-14-36-21)24(33)17-32-23-8-2-1-7-22(23)29-30-32/h1-3,5,7-13,21,25H,4,6,14-17H2,(H,28,34)/t21-,25-/m1/s1. The van der Waals surface area contributed by atoms with E-state index in [0.29, 0.717) is 29.0 Å². The summed E-state index contributed by atoms with van der Waals surface area (Å²) in [5.74, 6) is -0.594. The quantitative estimate of drug-likeness (QED) is 0.386. The van der Waals surface area contributed by atoms with Crippen LogP contribution in [0.15, 0.2) is 71.3 Å². The topological polar surface area (TPSA) is 102 Å². The van der Waals surface area contributed by atoms with Crippen molar-refractivity contribution in [2.45, 2.75) is 38.1 Å². The van der Waals surface area contributed by atoms with Crippen LogP contribution in [0.4, 0.5) is 4.39 Å². The van der Waals surface area contributed by atoms with E-state index in [0.717, 1.165) is 12.8 Å². The van der Waals surface area contributed by atoms with Gasteiger partial charge in [-0.15, -0.1) is 5.10 Å². The molecule has 1 aliphatic heterocycles. The van der Waals surface area contributed by atoms with Gasteiger partial charge in [0.05, 0.1) is 24.4 Å². The van der Waals surface area contributed by atoms with Gasteiger partial charge in [0.15, 0.2) is 0 Å². The fraction of sp³-hybridized carbons (Fsp3) is 0.308. The summed E-state index contributed by atoms with van der Waals surface area (Å²) in [7, 11) is 0. The van der Waals surface area contributed by atoms with Gasteiger partial charge < -0.3 is 19.4 Å². The van der Waals surface area contributed by atoms with Crippen LogP contribution < -0.4 is 5.32 Å². The fourth-order valence-electron chi connectivity index (χ4n) is 4.41. The highest BCUT2D eigenvalue weighted by molar-refractivity contribution is 5.89. The van der Waals surface area contributed by atoms with Crippen molar-refractivity contribution in [2.75, 3.05) is 13.2 Å².